The van der Waals surface area contributed by atoms with Crippen LogP contribution in [0.15, 0.2) is 66.7 Å². The molecule has 1 aliphatic rings. The molecule has 0 unspecified atom stereocenters. The summed E-state index contributed by atoms with van der Waals surface area (Å²) in [5.74, 6) is -0.108. The van der Waals surface area contributed by atoms with E-state index in [4.69, 9.17) is 9.47 Å². The molecule has 2 N–H and O–H groups in total. The molecule has 0 radical (unpaired) electrons. The molecule has 0 bridgehead atoms. The molecule has 4 aromatic rings. The predicted molar refractivity (Wildman–Crippen MR) is 135 cm³/mol. The lowest BCUT2D eigenvalue weighted by Gasteiger charge is -2.36. The average molecular weight is 488 g/mol. The van der Waals surface area contributed by atoms with Gasteiger partial charge in [-0.25, -0.2) is 14.0 Å². The average Bonchev–Trinajstić information content (AvgIpc) is 3.27. The van der Waals surface area contributed by atoms with Crippen molar-refractivity contribution in [1.82, 2.24) is 9.88 Å². The van der Waals surface area contributed by atoms with E-state index in [-0.39, 0.29) is 24.0 Å². The van der Waals surface area contributed by atoms with Gasteiger partial charge in [0.15, 0.2) is 0 Å². The summed E-state index contributed by atoms with van der Waals surface area (Å²) in [5, 5.41) is 3.92. The Morgan fingerprint density at radius 2 is 1.89 bits per heavy atom. The van der Waals surface area contributed by atoms with Crippen molar-refractivity contribution in [2.75, 3.05) is 25.6 Å². The molecular formula is C28H26FN3O4. The molecule has 3 aromatic carbocycles. The van der Waals surface area contributed by atoms with Crippen LogP contribution in [0.4, 0.5) is 14.9 Å². The number of fused-ring (bicyclic) bond motifs is 3. The van der Waals surface area contributed by atoms with Crippen molar-refractivity contribution in [2.24, 2.45) is 0 Å². The Kier molecular flexibility index (Phi) is 6.33. The number of amides is 2. The molecule has 184 valence electrons. The molecule has 36 heavy (non-hydrogen) atoms. The molecule has 1 atom stereocenters. The summed E-state index contributed by atoms with van der Waals surface area (Å²) in [6.45, 7) is 2.38. The number of benzene rings is 3. The van der Waals surface area contributed by atoms with Crippen LogP contribution < -0.4 is 10.1 Å². The number of aromatic amines is 1. The zero-order valence-corrected chi connectivity index (χ0v) is 20.0. The maximum atomic E-state index is 13.8. The van der Waals surface area contributed by atoms with E-state index in [1.807, 2.05) is 18.2 Å². The highest BCUT2D eigenvalue weighted by Crippen LogP contribution is 2.39. The second-order valence-electron chi connectivity index (χ2n) is 8.52. The molecule has 1 aromatic heterocycles. The van der Waals surface area contributed by atoms with Crippen LogP contribution >= 0.6 is 0 Å². The van der Waals surface area contributed by atoms with Crippen molar-refractivity contribution in [2.45, 2.75) is 19.4 Å². The van der Waals surface area contributed by atoms with Crippen LogP contribution in [0, 0.1) is 5.82 Å². The molecule has 0 spiro atoms. The number of H-pyrrole nitrogens is 1. The van der Waals surface area contributed by atoms with Gasteiger partial charge in [-0.3, -0.25) is 0 Å². The van der Waals surface area contributed by atoms with Gasteiger partial charge < -0.3 is 24.7 Å². The minimum absolute atomic E-state index is 0.230. The summed E-state index contributed by atoms with van der Waals surface area (Å²) in [6.07, 6.45) is 0.618. The van der Waals surface area contributed by atoms with Gasteiger partial charge in [0.2, 0.25) is 0 Å². The topological polar surface area (TPSA) is 83.7 Å². The first-order chi connectivity index (χ1) is 17.5. The SMILES string of the molecule is CCOC(=O)c1ccccc1NC(=O)N1CCc2c([nH]c3ccc(OC)cc23)[C@H]1c1ccc(F)cc1. The Bertz CT molecular complexity index is 1430. The third kappa shape index (κ3) is 4.26. The van der Waals surface area contributed by atoms with E-state index in [9.17, 15) is 14.0 Å². The predicted octanol–water partition coefficient (Wildman–Crippen LogP) is 5.67. The van der Waals surface area contributed by atoms with Crippen molar-refractivity contribution in [1.29, 1.82) is 0 Å². The van der Waals surface area contributed by atoms with E-state index in [0.29, 0.717) is 18.7 Å². The van der Waals surface area contributed by atoms with E-state index in [2.05, 4.69) is 10.3 Å². The maximum Gasteiger partial charge on any atom is 0.340 e. The zero-order chi connectivity index (χ0) is 25.2. The largest absolute Gasteiger partial charge is 0.497 e. The summed E-state index contributed by atoms with van der Waals surface area (Å²) in [4.78, 5) is 31.2. The molecule has 0 fully saturated rings. The third-order valence-electron chi connectivity index (χ3n) is 6.44. The lowest BCUT2D eigenvalue weighted by atomic mass is 9.92. The van der Waals surface area contributed by atoms with Gasteiger partial charge in [-0.1, -0.05) is 24.3 Å². The smallest absolute Gasteiger partial charge is 0.340 e. The Morgan fingerprint density at radius 3 is 2.64 bits per heavy atom. The Labute approximate surface area is 207 Å². The lowest BCUT2D eigenvalue weighted by molar-refractivity contribution is 0.0527. The van der Waals surface area contributed by atoms with Crippen LogP contribution in [-0.2, 0) is 11.2 Å². The van der Waals surface area contributed by atoms with Gasteiger partial charge in [0, 0.05) is 23.1 Å². The number of methoxy groups -OCH3 is 1. The first kappa shape index (κ1) is 23.4. The van der Waals surface area contributed by atoms with Gasteiger partial charge >= 0.3 is 12.0 Å². The van der Waals surface area contributed by atoms with Crippen LogP contribution in [0.5, 0.6) is 5.75 Å². The number of esters is 1. The molecule has 8 heteroatoms. The fourth-order valence-electron chi connectivity index (χ4n) is 4.77. The monoisotopic (exact) mass is 487 g/mol. The van der Waals surface area contributed by atoms with E-state index >= 15 is 0 Å². The minimum atomic E-state index is -0.506. The van der Waals surface area contributed by atoms with Crippen molar-refractivity contribution in [3.05, 3.63) is 94.9 Å². The highest BCUT2D eigenvalue weighted by molar-refractivity contribution is 6.01. The molecule has 2 heterocycles. The Balaban J connectivity index is 1.55. The second-order valence-corrected chi connectivity index (χ2v) is 8.52. The van der Waals surface area contributed by atoms with Gasteiger partial charge in [0.05, 0.1) is 31.0 Å². The number of hydrogen-bond donors (Lipinski definition) is 2. The molecule has 7 nitrogen and oxygen atoms in total. The number of ether oxygens (including phenoxy) is 2. The summed E-state index contributed by atoms with van der Waals surface area (Å²) in [7, 11) is 1.63. The van der Waals surface area contributed by atoms with Crippen LogP contribution in [0.2, 0.25) is 0 Å². The number of urea groups is 1. The summed E-state index contributed by atoms with van der Waals surface area (Å²) < 4.78 is 24.3. The summed E-state index contributed by atoms with van der Waals surface area (Å²) in [5.41, 5.74) is 4.30. The van der Waals surface area contributed by atoms with E-state index in [1.165, 1.54) is 12.1 Å². The van der Waals surface area contributed by atoms with Crippen LogP contribution in [-0.4, -0.2) is 42.1 Å². The van der Waals surface area contributed by atoms with E-state index in [1.54, 1.807) is 55.3 Å². The van der Waals surface area contributed by atoms with E-state index < -0.39 is 12.0 Å². The van der Waals surface area contributed by atoms with Crippen LogP contribution in [0.25, 0.3) is 10.9 Å². The molecule has 0 saturated heterocycles. The summed E-state index contributed by atoms with van der Waals surface area (Å²) >= 11 is 0. The fraction of sp³-hybridized carbons (Fsp3) is 0.214. The summed E-state index contributed by atoms with van der Waals surface area (Å²) in [6, 6.07) is 17.9. The standard InChI is InChI=1S/C28H26FN3O4/c1-3-36-27(33)21-6-4-5-7-23(21)31-28(34)32-15-14-20-22-16-19(35-2)12-13-24(22)30-25(20)26(32)17-8-10-18(29)11-9-17/h4-13,16,26,30H,3,14-15H2,1-2H3,(H,31,34)/t26-/m1/s1. The first-order valence-electron chi connectivity index (χ1n) is 11.8. The number of carbonyl (C=O) groups excluding carboxylic acids is 2. The van der Waals surface area contributed by atoms with Gasteiger partial charge in [0.1, 0.15) is 11.6 Å². The molecule has 0 aliphatic carbocycles. The highest BCUT2D eigenvalue weighted by Gasteiger charge is 2.35. The molecule has 2 amide bonds. The Morgan fingerprint density at radius 1 is 1.11 bits per heavy atom. The normalized spacial score (nSPS) is 14.9. The lowest BCUT2D eigenvalue weighted by Crippen LogP contribution is -2.43. The van der Waals surface area contributed by atoms with Crippen molar-refractivity contribution in [3.63, 3.8) is 0 Å². The highest BCUT2D eigenvalue weighted by atomic mass is 19.1. The van der Waals surface area contributed by atoms with Gasteiger partial charge in [-0.15, -0.1) is 0 Å². The molecule has 5 rings (SSSR count). The number of rotatable bonds is 5. The van der Waals surface area contributed by atoms with Crippen LogP contribution in [0.3, 0.4) is 0 Å². The molecular weight excluding hydrogens is 461 g/mol. The quantitative estimate of drug-likeness (QED) is 0.355. The fourth-order valence-corrected chi connectivity index (χ4v) is 4.77. The molecule has 0 saturated carbocycles. The molecule has 1 aliphatic heterocycles. The number of aromatic nitrogens is 1. The number of carbonyl (C=O) groups is 2. The third-order valence-corrected chi connectivity index (χ3v) is 6.44. The number of nitrogens with zero attached hydrogens (tertiary/aromatic N) is 1. The zero-order valence-electron chi connectivity index (χ0n) is 20.0. The van der Waals surface area contributed by atoms with Crippen LogP contribution in [0.1, 0.15) is 40.1 Å². The number of anilines is 1. The van der Waals surface area contributed by atoms with Gasteiger partial charge in [0.25, 0.3) is 0 Å². The van der Waals surface area contributed by atoms with Crippen molar-refractivity contribution >= 4 is 28.6 Å². The minimum Gasteiger partial charge on any atom is -0.497 e. The number of nitrogens with one attached hydrogen (secondary N) is 2. The van der Waals surface area contributed by atoms with Crippen molar-refractivity contribution < 1.29 is 23.5 Å². The van der Waals surface area contributed by atoms with Gasteiger partial charge in [-0.05, 0) is 66.9 Å². The number of hydrogen-bond acceptors (Lipinski definition) is 4. The maximum absolute atomic E-state index is 13.8. The van der Waals surface area contributed by atoms with Gasteiger partial charge in [-0.2, -0.15) is 0 Å². The van der Waals surface area contributed by atoms with Crippen molar-refractivity contribution in [3.8, 4) is 5.75 Å². The number of halogens is 1. The number of para-hydroxylation sites is 1. The van der Waals surface area contributed by atoms with E-state index in [0.717, 1.165) is 33.5 Å². The first-order valence-corrected chi connectivity index (χ1v) is 11.8. The second kappa shape index (κ2) is 9.73. The Hall–Kier alpha value is -4.33.